The Bertz CT molecular complexity index is 200. The molecule has 0 saturated carbocycles. The molecule has 0 N–H and O–H groups in total. The Hall–Kier alpha value is 2.48. The van der Waals surface area contributed by atoms with Gasteiger partial charge in [0.15, 0.2) is 0 Å². The van der Waals surface area contributed by atoms with E-state index in [9.17, 15) is 0 Å². The summed E-state index contributed by atoms with van der Waals surface area (Å²) < 4.78 is 3.44. The monoisotopic (exact) mass is 426 g/mol. The summed E-state index contributed by atoms with van der Waals surface area (Å²) in [4.78, 5) is 0. The molecule has 1 rings (SSSR count). The van der Waals surface area contributed by atoms with E-state index in [-0.39, 0.29) is 0 Å². The van der Waals surface area contributed by atoms with Gasteiger partial charge in [0, 0.05) is 0 Å². The van der Waals surface area contributed by atoms with Crippen LogP contribution in [0.1, 0.15) is 20.8 Å². The van der Waals surface area contributed by atoms with E-state index in [1.54, 1.807) is 14.6 Å². The minimum absolute atomic E-state index is 0.663. The average molecular weight is 429 g/mol. The van der Waals surface area contributed by atoms with Gasteiger partial charge in [-0.2, -0.15) is 0 Å². The van der Waals surface area contributed by atoms with E-state index < -0.39 is 18.2 Å². The van der Waals surface area contributed by atoms with Gasteiger partial charge in [-0.05, 0) is 0 Å². The minimum atomic E-state index is -2.13. The van der Waals surface area contributed by atoms with Gasteiger partial charge in [-0.25, -0.2) is 0 Å². The first kappa shape index (κ1) is 14.5. The first-order chi connectivity index (χ1) is 5.45. The van der Waals surface area contributed by atoms with E-state index in [0.29, 0.717) is 26.3 Å². The van der Waals surface area contributed by atoms with Gasteiger partial charge in [-0.3, -0.25) is 0 Å². The molecule has 69 valence electrons. The topological polar surface area (TPSA) is 0 Å². The van der Waals surface area contributed by atoms with Crippen molar-refractivity contribution in [2.75, 3.05) is 0 Å². The van der Waals surface area contributed by atoms with Crippen molar-refractivity contribution in [2.24, 2.45) is 0 Å². The SMILES string of the molecule is CC1=C(C)[C-](C)[As]=[As]1.[Cl][Zr]([Cl])[Cl]. The van der Waals surface area contributed by atoms with Crippen LogP contribution < -0.4 is 0 Å². The second kappa shape index (κ2) is 7.73. The van der Waals surface area contributed by atoms with E-state index in [1.165, 1.54) is 0 Å². The summed E-state index contributed by atoms with van der Waals surface area (Å²) in [5, 5.41) is 0. The second-order valence-electron chi connectivity index (χ2n) is 2.21. The summed E-state index contributed by atoms with van der Waals surface area (Å²) in [6, 6.07) is 0. The van der Waals surface area contributed by atoms with Crippen molar-refractivity contribution in [3.05, 3.63) is 14.6 Å². The number of halogens is 3. The van der Waals surface area contributed by atoms with Crippen LogP contribution in [0.5, 0.6) is 0 Å². The maximum absolute atomic E-state index is 5.00. The van der Waals surface area contributed by atoms with Crippen LogP contribution in [0.15, 0.2) is 9.93 Å². The van der Waals surface area contributed by atoms with Gasteiger partial charge in [0.1, 0.15) is 0 Å². The van der Waals surface area contributed by atoms with Crippen LogP contribution in [0.3, 0.4) is 0 Å². The van der Waals surface area contributed by atoms with E-state index in [4.69, 9.17) is 25.5 Å². The van der Waals surface area contributed by atoms with Gasteiger partial charge < -0.3 is 0 Å². The Labute approximate surface area is 104 Å². The molecule has 0 nitrogen and oxygen atoms in total. The third-order valence-corrected chi connectivity index (χ3v) is 11.9. The van der Waals surface area contributed by atoms with Crippen LogP contribution in [0.2, 0.25) is 0 Å². The van der Waals surface area contributed by atoms with Crippen LogP contribution in [-0.4, -0.2) is 26.3 Å². The van der Waals surface area contributed by atoms with Gasteiger partial charge in [-0.15, -0.1) is 0 Å². The number of allylic oxidation sites excluding steroid dienone is 2. The molecule has 0 atom stereocenters. The Morgan fingerprint density at radius 3 is 1.75 bits per heavy atom. The number of hydrogen-bond acceptors (Lipinski definition) is 0. The molecule has 1 heterocycles. The predicted octanol–water partition coefficient (Wildman–Crippen LogP) is 3.24. The van der Waals surface area contributed by atoms with Crippen LogP contribution in [0, 0.1) is 4.71 Å². The first-order valence-corrected chi connectivity index (χ1v) is 19.8. The zero-order valence-corrected chi connectivity index (χ0v) is 15.5. The molecule has 0 radical (unpaired) electrons. The quantitative estimate of drug-likeness (QED) is 0.411. The van der Waals surface area contributed by atoms with E-state index in [0.717, 1.165) is 0 Å². The Kier molecular flexibility index (Phi) is 9.33. The molecular formula is C6H9As2Cl3Zr-. The number of hydrogen-bond donors (Lipinski definition) is 0. The van der Waals surface area contributed by atoms with Crippen LogP contribution >= 0.6 is 25.5 Å². The van der Waals surface area contributed by atoms with Crippen molar-refractivity contribution in [1.29, 1.82) is 0 Å². The molecule has 0 saturated heterocycles. The summed E-state index contributed by atoms with van der Waals surface area (Å²) >= 11 is -0.801. The van der Waals surface area contributed by atoms with E-state index in [1.807, 2.05) is 0 Å². The molecule has 0 bridgehead atoms. The third-order valence-electron chi connectivity index (χ3n) is 1.44. The summed E-state index contributed by atoms with van der Waals surface area (Å²) in [5.41, 5.74) is 1.63. The third kappa shape index (κ3) is 6.86. The van der Waals surface area contributed by atoms with Crippen molar-refractivity contribution < 1.29 is 18.2 Å². The van der Waals surface area contributed by atoms with Crippen LogP contribution in [-0.2, 0) is 18.2 Å². The van der Waals surface area contributed by atoms with Crippen molar-refractivity contribution in [3.63, 3.8) is 0 Å². The van der Waals surface area contributed by atoms with Gasteiger partial charge in [-0.1, -0.05) is 0 Å². The molecule has 12 heavy (non-hydrogen) atoms. The van der Waals surface area contributed by atoms with Gasteiger partial charge >= 0.3 is 105 Å². The fourth-order valence-electron chi connectivity index (χ4n) is 0.562. The van der Waals surface area contributed by atoms with E-state index in [2.05, 4.69) is 20.8 Å². The molecular weight excluding hydrogens is 419 g/mol. The first-order valence-electron chi connectivity index (χ1n) is 3.21. The zero-order valence-electron chi connectivity index (χ0n) is 7.03. The molecule has 0 spiro atoms. The Morgan fingerprint density at radius 2 is 1.67 bits per heavy atom. The van der Waals surface area contributed by atoms with Gasteiger partial charge in [0.05, 0.1) is 0 Å². The molecule has 0 fully saturated rings. The molecule has 0 unspecified atom stereocenters. The van der Waals surface area contributed by atoms with E-state index >= 15 is 0 Å². The fraction of sp³-hybridized carbons (Fsp3) is 0.500. The molecule has 0 aromatic heterocycles. The standard InChI is InChI=1S/C6H9As2.3ClH.Zr/c1-4-5(2)7-8-6(4)3;;;;/h1-3H3;3*1H;/q-1;;;;+3/p-3. The second-order valence-corrected chi connectivity index (χ2v) is 21.4. The molecule has 0 aromatic rings. The van der Waals surface area contributed by atoms with Crippen LogP contribution in [0.25, 0.3) is 0 Å². The Morgan fingerprint density at radius 1 is 1.25 bits per heavy atom. The zero-order chi connectivity index (χ0) is 9.72. The Balaban J connectivity index is 0.000000261. The van der Waals surface area contributed by atoms with Crippen LogP contribution in [0.4, 0.5) is 0 Å². The van der Waals surface area contributed by atoms with Gasteiger partial charge in [0.2, 0.25) is 0 Å². The normalized spacial score (nSPS) is 17.3. The predicted molar refractivity (Wildman–Crippen MR) is 56.4 cm³/mol. The van der Waals surface area contributed by atoms with Crippen molar-refractivity contribution in [1.82, 2.24) is 0 Å². The summed E-state index contributed by atoms with van der Waals surface area (Å²) in [6.45, 7) is 6.85. The summed E-state index contributed by atoms with van der Waals surface area (Å²) in [5.74, 6) is 0. The molecule has 0 aliphatic carbocycles. The van der Waals surface area contributed by atoms with Crippen molar-refractivity contribution in [2.45, 2.75) is 20.8 Å². The molecule has 0 aromatic carbocycles. The van der Waals surface area contributed by atoms with Crippen molar-refractivity contribution >= 4 is 51.8 Å². The molecule has 6 heteroatoms. The molecule has 1 aliphatic rings. The number of rotatable bonds is 0. The fourth-order valence-corrected chi connectivity index (χ4v) is 9.48. The van der Waals surface area contributed by atoms with Gasteiger partial charge in [0.25, 0.3) is 0 Å². The summed E-state index contributed by atoms with van der Waals surface area (Å²) in [6.07, 6.45) is 0. The maximum atomic E-state index is 5.00. The average Bonchev–Trinajstić information content (AvgIpc) is 2.19. The molecule has 1 aliphatic heterocycles. The summed E-state index contributed by atoms with van der Waals surface area (Å²) in [7, 11) is 15.0. The molecule has 0 amide bonds. The van der Waals surface area contributed by atoms with Crippen molar-refractivity contribution in [3.8, 4) is 0 Å².